The van der Waals surface area contributed by atoms with Crippen molar-refractivity contribution >= 4 is 17.1 Å². The van der Waals surface area contributed by atoms with Gasteiger partial charge in [-0.2, -0.15) is 4.98 Å². The molecule has 0 aliphatic rings. The van der Waals surface area contributed by atoms with Gasteiger partial charge in [0, 0.05) is 6.54 Å². The summed E-state index contributed by atoms with van der Waals surface area (Å²) in [6, 6.07) is 25.9. The Morgan fingerprint density at radius 1 is 0.897 bits per heavy atom. The Balaban J connectivity index is 1.74. The highest BCUT2D eigenvalue weighted by molar-refractivity contribution is 5.71. The summed E-state index contributed by atoms with van der Waals surface area (Å²) < 4.78 is 12.8. The average molecular weight is 524 g/mol. The highest BCUT2D eigenvalue weighted by Gasteiger charge is 2.37. The fraction of sp³-hybridized carbons (Fsp3) is 0.258. The Hall–Kier alpha value is -4.59. The van der Waals surface area contributed by atoms with Crippen molar-refractivity contribution in [2.75, 3.05) is 19.5 Å². The lowest BCUT2D eigenvalue weighted by Crippen LogP contribution is -2.39. The Morgan fingerprint density at radius 3 is 2.00 bits per heavy atom. The molecule has 0 saturated carbocycles. The van der Waals surface area contributed by atoms with Gasteiger partial charge < -0.3 is 19.4 Å². The van der Waals surface area contributed by atoms with Gasteiger partial charge in [-0.15, -0.1) is 0 Å². The molecule has 0 aliphatic heterocycles. The molecule has 2 heterocycles. The van der Waals surface area contributed by atoms with Crippen molar-refractivity contribution in [3.8, 4) is 11.5 Å². The second-order valence-electron chi connectivity index (χ2n) is 9.70. The van der Waals surface area contributed by atoms with Gasteiger partial charge in [-0.1, -0.05) is 74.9 Å². The number of anilines is 1. The zero-order chi connectivity index (χ0) is 27.4. The van der Waals surface area contributed by atoms with Gasteiger partial charge >= 0.3 is 0 Å². The van der Waals surface area contributed by atoms with E-state index >= 15 is 0 Å². The molecule has 0 unspecified atom stereocenters. The fourth-order valence-corrected chi connectivity index (χ4v) is 4.88. The lowest BCUT2D eigenvalue weighted by molar-refractivity contribution is 0.414. The number of hydrogen-bond donors (Lipinski definition) is 2. The van der Waals surface area contributed by atoms with E-state index in [0.717, 1.165) is 41.2 Å². The number of imidazole rings is 1. The molecular weight excluding hydrogens is 490 g/mol. The number of benzene rings is 3. The quantitative estimate of drug-likeness (QED) is 0.232. The van der Waals surface area contributed by atoms with Crippen LogP contribution in [0.25, 0.3) is 11.2 Å². The van der Waals surface area contributed by atoms with Crippen LogP contribution in [0.15, 0.2) is 90.0 Å². The summed E-state index contributed by atoms with van der Waals surface area (Å²) in [4.78, 5) is 25.4. The van der Waals surface area contributed by atoms with Crippen molar-refractivity contribution < 1.29 is 9.47 Å². The number of methoxy groups -OCH3 is 2. The minimum absolute atomic E-state index is 0.295. The predicted octanol–water partition coefficient (Wildman–Crippen LogP) is 5.59. The molecule has 5 rings (SSSR count). The third-order valence-electron chi connectivity index (χ3n) is 7.24. The molecule has 0 saturated heterocycles. The molecule has 3 aromatic carbocycles. The molecule has 0 radical (unpaired) electrons. The molecule has 39 heavy (non-hydrogen) atoms. The average Bonchev–Trinajstić information content (AvgIpc) is 3.39. The largest absolute Gasteiger partial charge is 0.497 e. The van der Waals surface area contributed by atoms with Crippen LogP contribution in [0, 0.1) is 5.92 Å². The second kappa shape index (κ2) is 11.0. The molecule has 2 N–H and O–H groups in total. The molecule has 5 aromatic rings. The smallest absolute Gasteiger partial charge is 0.280 e. The number of H-pyrrole nitrogens is 1. The van der Waals surface area contributed by atoms with Gasteiger partial charge in [-0.3, -0.25) is 9.78 Å². The van der Waals surface area contributed by atoms with Gasteiger partial charge in [-0.05, 0) is 46.9 Å². The molecule has 0 fully saturated rings. The van der Waals surface area contributed by atoms with Gasteiger partial charge in [0.15, 0.2) is 11.2 Å². The summed E-state index contributed by atoms with van der Waals surface area (Å²) in [5.41, 5.74) is 2.51. The van der Waals surface area contributed by atoms with Crippen LogP contribution < -0.4 is 20.3 Å². The van der Waals surface area contributed by atoms with Gasteiger partial charge in [-0.25, -0.2) is 4.98 Å². The third kappa shape index (κ3) is 4.97. The maximum atomic E-state index is 13.2. The highest BCUT2D eigenvalue weighted by Crippen LogP contribution is 2.40. The maximum absolute atomic E-state index is 13.2. The van der Waals surface area contributed by atoms with Crippen molar-refractivity contribution in [3.05, 3.63) is 112 Å². The van der Waals surface area contributed by atoms with Crippen molar-refractivity contribution in [1.82, 2.24) is 19.5 Å². The zero-order valence-electron chi connectivity index (χ0n) is 22.6. The topological polar surface area (TPSA) is 94.1 Å². The maximum Gasteiger partial charge on any atom is 0.280 e. The standard InChI is InChI=1S/C31H33N5O3/c1-5-21(2)19-36-20-32-27-28(36)33-30(34-29(27)37)35-31(22-9-7-6-8-10-22,23-11-15-25(38-3)16-12-23)24-13-17-26(39-4)18-14-24/h6-18,20-21H,5,19H2,1-4H3,(H2,33,34,35,37)/t21-/m1/s1. The Kier molecular flexibility index (Phi) is 7.36. The SMILES string of the molecule is CC[C@@H](C)Cn1cnc2c(=O)[nH]c(NC(c3ccccc3)(c3ccc(OC)cc3)c3ccc(OC)cc3)nc21. The van der Waals surface area contributed by atoms with E-state index in [1.54, 1.807) is 20.5 Å². The van der Waals surface area contributed by atoms with Gasteiger partial charge in [0.25, 0.3) is 5.56 Å². The summed E-state index contributed by atoms with van der Waals surface area (Å²) >= 11 is 0. The van der Waals surface area contributed by atoms with E-state index in [9.17, 15) is 4.79 Å². The van der Waals surface area contributed by atoms with E-state index in [0.29, 0.717) is 23.0 Å². The Morgan fingerprint density at radius 2 is 1.46 bits per heavy atom. The lowest BCUT2D eigenvalue weighted by atomic mass is 9.77. The molecular formula is C31H33N5O3. The van der Waals surface area contributed by atoms with E-state index < -0.39 is 5.54 Å². The van der Waals surface area contributed by atoms with E-state index in [4.69, 9.17) is 14.5 Å². The number of aromatic nitrogens is 4. The molecule has 200 valence electrons. The summed E-state index contributed by atoms with van der Waals surface area (Å²) in [6.07, 6.45) is 2.71. The Bertz CT molecular complexity index is 1540. The lowest BCUT2D eigenvalue weighted by Gasteiger charge is -2.37. The van der Waals surface area contributed by atoms with Crippen LogP contribution in [0.4, 0.5) is 5.95 Å². The first-order chi connectivity index (χ1) is 19.0. The van der Waals surface area contributed by atoms with Crippen LogP contribution in [0.5, 0.6) is 11.5 Å². The van der Waals surface area contributed by atoms with E-state index in [2.05, 4.69) is 41.3 Å². The van der Waals surface area contributed by atoms with Gasteiger partial charge in [0.2, 0.25) is 5.95 Å². The minimum atomic E-state index is -0.912. The monoisotopic (exact) mass is 523 g/mol. The predicted molar refractivity (Wildman–Crippen MR) is 154 cm³/mol. The Labute approximate surface area is 227 Å². The first-order valence-corrected chi connectivity index (χ1v) is 13.1. The zero-order valence-corrected chi connectivity index (χ0v) is 22.6. The van der Waals surface area contributed by atoms with Crippen molar-refractivity contribution in [1.29, 1.82) is 0 Å². The summed E-state index contributed by atoms with van der Waals surface area (Å²) in [5.74, 6) is 2.26. The van der Waals surface area contributed by atoms with Crippen LogP contribution in [0.2, 0.25) is 0 Å². The molecule has 1 atom stereocenters. The first-order valence-electron chi connectivity index (χ1n) is 13.1. The summed E-state index contributed by atoms with van der Waals surface area (Å²) in [5, 5.41) is 3.64. The molecule has 0 aliphatic carbocycles. The minimum Gasteiger partial charge on any atom is -0.497 e. The van der Waals surface area contributed by atoms with Crippen molar-refractivity contribution in [2.24, 2.45) is 5.92 Å². The first kappa shape index (κ1) is 26.0. The highest BCUT2D eigenvalue weighted by atomic mass is 16.5. The fourth-order valence-electron chi connectivity index (χ4n) is 4.88. The second-order valence-corrected chi connectivity index (χ2v) is 9.70. The van der Waals surface area contributed by atoms with Crippen LogP contribution in [0.3, 0.4) is 0 Å². The summed E-state index contributed by atoms with van der Waals surface area (Å²) in [6.45, 7) is 5.05. The van der Waals surface area contributed by atoms with Crippen LogP contribution in [-0.2, 0) is 12.1 Å². The van der Waals surface area contributed by atoms with Crippen molar-refractivity contribution in [2.45, 2.75) is 32.4 Å². The number of rotatable bonds is 10. The van der Waals surface area contributed by atoms with E-state index in [1.807, 2.05) is 71.3 Å². The van der Waals surface area contributed by atoms with E-state index in [1.165, 1.54) is 0 Å². The molecule has 0 amide bonds. The number of ether oxygens (including phenoxy) is 2. The van der Waals surface area contributed by atoms with Crippen molar-refractivity contribution in [3.63, 3.8) is 0 Å². The summed E-state index contributed by atoms with van der Waals surface area (Å²) in [7, 11) is 3.29. The molecule has 0 spiro atoms. The molecule has 8 heteroatoms. The molecule has 8 nitrogen and oxygen atoms in total. The third-order valence-corrected chi connectivity index (χ3v) is 7.24. The number of nitrogens with zero attached hydrogens (tertiary/aromatic N) is 3. The van der Waals surface area contributed by atoms with E-state index in [-0.39, 0.29) is 5.56 Å². The van der Waals surface area contributed by atoms with Crippen LogP contribution in [0.1, 0.15) is 37.0 Å². The number of hydrogen-bond acceptors (Lipinski definition) is 6. The van der Waals surface area contributed by atoms with Gasteiger partial charge in [0.05, 0.1) is 20.5 Å². The molecule has 0 bridgehead atoms. The number of aromatic amines is 1. The van der Waals surface area contributed by atoms with Gasteiger partial charge in [0.1, 0.15) is 17.0 Å². The number of nitrogens with one attached hydrogen (secondary N) is 2. The number of fused-ring (bicyclic) bond motifs is 1. The van der Waals surface area contributed by atoms with Crippen LogP contribution in [-0.4, -0.2) is 33.7 Å². The molecule has 2 aromatic heterocycles. The normalized spacial score (nSPS) is 12.3. The van der Waals surface area contributed by atoms with Crippen LogP contribution >= 0.6 is 0 Å².